The van der Waals surface area contributed by atoms with Crippen LogP contribution in [0.3, 0.4) is 0 Å². The van der Waals surface area contributed by atoms with Crippen LogP contribution in [-0.2, 0) is 5.41 Å². The summed E-state index contributed by atoms with van der Waals surface area (Å²) in [7, 11) is 1.61. The molecule has 1 aromatic carbocycles. The van der Waals surface area contributed by atoms with E-state index in [-0.39, 0.29) is 17.3 Å². The summed E-state index contributed by atoms with van der Waals surface area (Å²) < 4.78 is 19.9. The molecule has 0 heterocycles. The zero-order valence-corrected chi connectivity index (χ0v) is 11.9. The minimum Gasteiger partial charge on any atom is -0.495 e. The molecule has 1 atom stereocenters. The first-order valence-corrected chi connectivity index (χ1v) is 6.52. The van der Waals surface area contributed by atoms with Crippen molar-refractivity contribution in [3.05, 3.63) is 27.5 Å². The molecule has 2 nitrogen and oxygen atoms in total. The lowest BCUT2D eigenvalue weighted by molar-refractivity contribution is 0.392. The fourth-order valence-electron chi connectivity index (χ4n) is 2.56. The summed E-state index contributed by atoms with van der Waals surface area (Å²) in [5.74, 6) is 0.512. The quantitative estimate of drug-likeness (QED) is 0.930. The van der Waals surface area contributed by atoms with Crippen LogP contribution in [0.5, 0.6) is 5.75 Å². The van der Waals surface area contributed by atoms with Gasteiger partial charge in [0, 0.05) is 17.0 Å². The number of hydrogen-bond acceptors (Lipinski definition) is 2. The van der Waals surface area contributed by atoms with E-state index in [9.17, 15) is 4.39 Å². The van der Waals surface area contributed by atoms with E-state index < -0.39 is 0 Å². The summed E-state index contributed by atoms with van der Waals surface area (Å²) >= 11 is 3.36. The van der Waals surface area contributed by atoms with E-state index in [0.717, 1.165) is 24.2 Å². The van der Waals surface area contributed by atoms with Crippen molar-refractivity contribution in [1.82, 2.24) is 0 Å². The predicted molar refractivity (Wildman–Crippen MR) is 70.0 cm³/mol. The first kappa shape index (κ1) is 12.8. The number of halogens is 2. The molecule has 2 rings (SSSR count). The van der Waals surface area contributed by atoms with Crippen LogP contribution in [0, 0.1) is 12.7 Å². The molecule has 1 aliphatic carbocycles. The highest BCUT2D eigenvalue weighted by atomic mass is 79.9. The van der Waals surface area contributed by atoms with Crippen LogP contribution in [0.25, 0.3) is 0 Å². The summed E-state index contributed by atoms with van der Waals surface area (Å²) in [5, 5.41) is 0. The van der Waals surface area contributed by atoms with Crippen LogP contribution in [-0.4, -0.2) is 13.2 Å². The summed E-state index contributed by atoms with van der Waals surface area (Å²) in [6.07, 6.45) is 2.00. The second-order valence-corrected chi connectivity index (χ2v) is 5.67. The van der Waals surface area contributed by atoms with Gasteiger partial charge in [0.05, 0.1) is 11.6 Å². The SMILES string of the molecule is COc1c(Br)cc(F)c(C)c1C1(C(C)N)CC1. The maximum Gasteiger partial charge on any atom is 0.137 e. The zero-order chi connectivity index (χ0) is 12.8. The standard InChI is InChI=1S/C13H17BrFNO/c1-7-10(15)6-9(14)12(17-3)11(7)13(4-5-13)8(2)16/h6,8H,4-5,16H2,1-3H3. The first-order chi connectivity index (χ1) is 7.94. The number of ether oxygens (including phenoxy) is 1. The lowest BCUT2D eigenvalue weighted by Crippen LogP contribution is -2.32. The van der Waals surface area contributed by atoms with E-state index in [4.69, 9.17) is 10.5 Å². The molecule has 0 spiro atoms. The Morgan fingerprint density at radius 1 is 1.53 bits per heavy atom. The Labute approximate surface area is 109 Å². The monoisotopic (exact) mass is 301 g/mol. The van der Waals surface area contributed by atoms with Crippen molar-refractivity contribution in [1.29, 1.82) is 0 Å². The van der Waals surface area contributed by atoms with E-state index >= 15 is 0 Å². The van der Waals surface area contributed by atoms with Crippen molar-refractivity contribution < 1.29 is 9.13 Å². The van der Waals surface area contributed by atoms with Gasteiger partial charge in [-0.3, -0.25) is 0 Å². The van der Waals surface area contributed by atoms with E-state index in [1.807, 2.05) is 6.92 Å². The molecule has 0 aromatic heterocycles. The van der Waals surface area contributed by atoms with Gasteiger partial charge in [0.2, 0.25) is 0 Å². The van der Waals surface area contributed by atoms with Crippen LogP contribution >= 0.6 is 15.9 Å². The highest BCUT2D eigenvalue weighted by Crippen LogP contribution is 2.55. The van der Waals surface area contributed by atoms with Crippen molar-refractivity contribution in [3.63, 3.8) is 0 Å². The molecule has 4 heteroatoms. The predicted octanol–water partition coefficient (Wildman–Crippen LogP) is 3.28. The molecule has 1 fully saturated rings. The normalized spacial score (nSPS) is 18.9. The van der Waals surface area contributed by atoms with Gasteiger partial charge >= 0.3 is 0 Å². The van der Waals surface area contributed by atoms with Crippen molar-refractivity contribution in [2.24, 2.45) is 5.73 Å². The van der Waals surface area contributed by atoms with Crippen molar-refractivity contribution in [2.45, 2.75) is 38.1 Å². The van der Waals surface area contributed by atoms with Gasteiger partial charge in [0.15, 0.2) is 0 Å². The van der Waals surface area contributed by atoms with Gasteiger partial charge in [-0.15, -0.1) is 0 Å². The van der Waals surface area contributed by atoms with Gasteiger partial charge < -0.3 is 10.5 Å². The second kappa shape index (κ2) is 4.25. The van der Waals surface area contributed by atoms with E-state index in [1.165, 1.54) is 6.07 Å². The van der Waals surface area contributed by atoms with Crippen LogP contribution in [0.1, 0.15) is 30.9 Å². The van der Waals surface area contributed by atoms with Gasteiger partial charge in [-0.05, 0) is 54.2 Å². The molecule has 1 aliphatic rings. The highest BCUT2D eigenvalue weighted by Gasteiger charge is 2.50. The average Bonchev–Trinajstić information content (AvgIpc) is 3.04. The molecule has 1 aromatic rings. The molecule has 94 valence electrons. The van der Waals surface area contributed by atoms with E-state index in [1.54, 1.807) is 14.0 Å². The molecular weight excluding hydrogens is 285 g/mol. The molecule has 0 bridgehead atoms. The van der Waals surface area contributed by atoms with Gasteiger partial charge in [-0.1, -0.05) is 0 Å². The smallest absolute Gasteiger partial charge is 0.137 e. The minimum absolute atomic E-state index is 0.00352. The minimum atomic E-state index is -0.209. The van der Waals surface area contributed by atoms with Crippen molar-refractivity contribution in [3.8, 4) is 5.75 Å². The van der Waals surface area contributed by atoms with Gasteiger partial charge in [-0.2, -0.15) is 0 Å². The Morgan fingerprint density at radius 3 is 2.53 bits per heavy atom. The Balaban J connectivity index is 2.67. The highest BCUT2D eigenvalue weighted by molar-refractivity contribution is 9.10. The molecule has 0 radical (unpaired) electrons. The summed E-state index contributed by atoms with van der Waals surface area (Å²) in [5.41, 5.74) is 7.54. The lowest BCUT2D eigenvalue weighted by Gasteiger charge is -2.25. The Hall–Kier alpha value is -0.610. The summed E-state index contributed by atoms with van der Waals surface area (Å²) in [4.78, 5) is 0. The lowest BCUT2D eigenvalue weighted by atomic mass is 9.85. The topological polar surface area (TPSA) is 35.2 Å². The van der Waals surface area contributed by atoms with Gasteiger partial charge in [0.1, 0.15) is 11.6 Å². The number of methoxy groups -OCH3 is 1. The van der Waals surface area contributed by atoms with Gasteiger partial charge in [0.25, 0.3) is 0 Å². The number of nitrogens with two attached hydrogens (primary N) is 1. The first-order valence-electron chi connectivity index (χ1n) is 5.72. The molecule has 0 amide bonds. The molecular formula is C13H17BrFNO. The maximum absolute atomic E-state index is 13.9. The Morgan fingerprint density at radius 2 is 2.12 bits per heavy atom. The molecule has 0 saturated heterocycles. The number of benzene rings is 1. The third kappa shape index (κ3) is 1.87. The van der Waals surface area contributed by atoms with E-state index in [0.29, 0.717) is 10.0 Å². The molecule has 1 unspecified atom stereocenters. The average molecular weight is 302 g/mol. The fourth-order valence-corrected chi connectivity index (χ4v) is 3.12. The second-order valence-electron chi connectivity index (χ2n) is 4.82. The largest absolute Gasteiger partial charge is 0.495 e. The molecule has 17 heavy (non-hydrogen) atoms. The maximum atomic E-state index is 13.9. The Kier molecular flexibility index (Phi) is 3.21. The van der Waals surface area contributed by atoms with Crippen LogP contribution in [0.2, 0.25) is 0 Å². The van der Waals surface area contributed by atoms with Crippen LogP contribution in [0.4, 0.5) is 4.39 Å². The molecule has 1 saturated carbocycles. The van der Waals surface area contributed by atoms with E-state index in [2.05, 4.69) is 15.9 Å². The number of rotatable bonds is 3. The summed E-state index contributed by atoms with van der Waals surface area (Å²) in [6, 6.07) is 1.46. The van der Waals surface area contributed by atoms with Gasteiger partial charge in [-0.25, -0.2) is 4.39 Å². The third-order valence-electron chi connectivity index (χ3n) is 3.79. The van der Waals surface area contributed by atoms with Crippen LogP contribution < -0.4 is 10.5 Å². The third-order valence-corrected chi connectivity index (χ3v) is 4.38. The number of hydrogen-bond donors (Lipinski definition) is 1. The van der Waals surface area contributed by atoms with Crippen molar-refractivity contribution in [2.75, 3.05) is 7.11 Å². The Bertz CT molecular complexity index is 455. The van der Waals surface area contributed by atoms with Crippen molar-refractivity contribution >= 4 is 15.9 Å². The summed E-state index contributed by atoms with van der Waals surface area (Å²) in [6.45, 7) is 3.77. The fraction of sp³-hybridized carbons (Fsp3) is 0.538. The molecule has 2 N–H and O–H groups in total. The van der Waals surface area contributed by atoms with Crippen LogP contribution in [0.15, 0.2) is 10.5 Å². The zero-order valence-electron chi connectivity index (χ0n) is 10.3. The molecule has 0 aliphatic heterocycles.